The van der Waals surface area contributed by atoms with Crippen LogP contribution in [0.3, 0.4) is 0 Å². The van der Waals surface area contributed by atoms with Crippen molar-refractivity contribution in [1.82, 2.24) is 4.98 Å². The van der Waals surface area contributed by atoms with Crippen LogP contribution in [0.4, 0.5) is 0 Å². The largest absolute Gasteiger partial charge is 0.478 e. The van der Waals surface area contributed by atoms with Crippen LogP contribution in [0.2, 0.25) is 0 Å². The van der Waals surface area contributed by atoms with Crippen molar-refractivity contribution in [2.45, 2.75) is 13.2 Å². The molecular weight excluding hydrogens is 474 g/mol. The lowest BCUT2D eigenvalue weighted by Crippen LogP contribution is -2.11. The molecule has 2 bridgehead atoms. The molecule has 3 heterocycles. The van der Waals surface area contributed by atoms with Gasteiger partial charge < -0.3 is 29.2 Å². The topological polar surface area (TPSA) is 124 Å². The molecule has 0 fully saturated rings. The molecule has 0 amide bonds. The van der Waals surface area contributed by atoms with Crippen molar-refractivity contribution in [3.8, 4) is 20.9 Å². The van der Waals surface area contributed by atoms with Gasteiger partial charge in [-0.1, -0.05) is 0 Å². The molecule has 0 radical (unpaired) electrons. The standard InChI is InChI=1S/C25H25NO8S/c27-24(28)18-9-16(10-19(11-18)25(29)30)22-1-2-23(35-22)17-12-20-14-33-7-5-31-3-4-32-6-8-34-15-21(13-17)26-20/h1-2,9-13H,3-8,14-15H2,(H,27,28)(H,29,30). The van der Waals surface area contributed by atoms with Crippen molar-refractivity contribution in [3.63, 3.8) is 0 Å². The number of aromatic nitrogens is 1. The van der Waals surface area contributed by atoms with Gasteiger partial charge in [0.15, 0.2) is 0 Å². The Hall–Kier alpha value is -3.15. The van der Waals surface area contributed by atoms with Gasteiger partial charge in [-0.2, -0.15) is 0 Å². The van der Waals surface area contributed by atoms with Crippen LogP contribution in [-0.4, -0.2) is 66.8 Å². The maximum Gasteiger partial charge on any atom is 0.335 e. The van der Waals surface area contributed by atoms with Gasteiger partial charge in [0.1, 0.15) is 0 Å². The third kappa shape index (κ3) is 6.93. The Morgan fingerprint density at radius 3 is 1.54 bits per heavy atom. The Morgan fingerprint density at radius 2 is 1.09 bits per heavy atom. The molecule has 1 aromatic carbocycles. The Bertz CT molecular complexity index is 1130. The molecule has 0 saturated carbocycles. The SMILES string of the molecule is O=C(O)c1cc(C(=O)O)cc(-c2ccc(-c3cc4nc(c3)COCCOCCOCCOC4)s2)c1. The first-order valence-corrected chi connectivity index (χ1v) is 11.8. The normalized spacial score (nSPS) is 15.7. The number of aromatic carboxylic acids is 2. The number of rotatable bonds is 4. The maximum absolute atomic E-state index is 11.5. The molecule has 35 heavy (non-hydrogen) atoms. The van der Waals surface area contributed by atoms with E-state index in [1.165, 1.54) is 23.5 Å². The van der Waals surface area contributed by atoms with Gasteiger partial charge in [0.05, 0.1) is 75.4 Å². The first-order valence-electron chi connectivity index (χ1n) is 11.0. The quantitative estimate of drug-likeness (QED) is 0.549. The summed E-state index contributed by atoms with van der Waals surface area (Å²) in [6, 6.07) is 11.8. The van der Waals surface area contributed by atoms with Gasteiger partial charge in [-0.3, -0.25) is 4.98 Å². The summed E-state index contributed by atoms with van der Waals surface area (Å²) in [4.78, 5) is 29.3. The third-order valence-corrected chi connectivity index (χ3v) is 6.33. The molecule has 184 valence electrons. The van der Waals surface area contributed by atoms with Gasteiger partial charge in [-0.05, 0) is 53.6 Å². The summed E-state index contributed by atoms with van der Waals surface area (Å²) in [7, 11) is 0. The Labute approximate surface area is 205 Å². The highest BCUT2D eigenvalue weighted by molar-refractivity contribution is 7.18. The number of hydrogen-bond donors (Lipinski definition) is 2. The number of thiophene rings is 1. The lowest BCUT2D eigenvalue weighted by Gasteiger charge is -2.09. The molecular formula is C25H25NO8S. The molecule has 4 rings (SSSR count). The first kappa shape index (κ1) is 25.0. The lowest BCUT2D eigenvalue weighted by atomic mass is 10.0. The number of benzene rings is 1. The summed E-state index contributed by atoms with van der Waals surface area (Å²) in [6.07, 6.45) is 0. The number of nitrogens with zero attached hydrogens (tertiary/aromatic N) is 1. The average molecular weight is 500 g/mol. The summed E-state index contributed by atoms with van der Waals surface area (Å²) < 4.78 is 22.3. The van der Waals surface area contributed by atoms with Gasteiger partial charge in [-0.25, -0.2) is 9.59 Å². The summed E-state index contributed by atoms with van der Waals surface area (Å²) in [5, 5.41) is 18.8. The van der Waals surface area contributed by atoms with Crippen LogP contribution in [0.1, 0.15) is 32.1 Å². The van der Waals surface area contributed by atoms with Gasteiger partial charge in [0.25, 0.3) is 0 Å². The number of ether oxygens (including phenoxy) is 4. The minimum absolute atomic E-state index is 0.0745. The molecule has 1 aliphatic rings. The molecule has 0 atom stereocenters. The molecule has 0 saturated heterocycles. The highest BCUT2D eigenvalue weighted by atomic mass is 32.1. The van der Waals surface area contributed by atoms with Crippen molar-refractivity contribution < 1.29 is 38.7 Å². The minimum atomic E-state index is -1.18. The predicted octanol–water partition coefficient (Wildman–Crippen LogP) is 3.95. The van der Waals surface area contributed by atoms with Gasteiger partial charge >= 0.3 is 11.9 Å². The highest BCUT2D eigenvalue weighted by Gasteiger charge is 2.15. The van der Waals surface area contributed by atoms with E-state index in [4.69, 9.17) is 18.9 Å². The molecule has 0 unspecified atom stereocenters. The summed E-state index contributed by atoms with van der Waals surface area (Å²) in [6.45, 7) is 3.46. The third-order valence-electron chi connectivity index (χ3n) is 5.15. The van der Waals surface area contributed by atoms with E-state index in [1.807, 2.05) is 24.3 Å². The zero-order valence-electron chi connectivity index (χ0n) is 18.9. The molecule has 10 heteroatoms. The number of pyridine rings is 1. The van der Waals surface area contributed by atoms with Crippen molar-refractivity contribution >= 4 is 23.3 Å². The van der Waals surface area contributed by atoms with E-state index in [-0.39, 0.29) is 11.1 Å². The van der Waals surface area contributed by atoms with Crippen LogP contribution in [0.15, 0.2) is 42.5 Å². The molecule has 1 aliphatic heterocycles. The zero-order chi connectivity index (χ0) is 24.6. The number of carboxylic acids is 2. The van der Waals surface area contributed by atoms with E-state index >= 15 is 0 Å². The van der Waals surface area contributed by atoms with Crippen LogP contribution in [0.25, 0.3) is 20.9 Å². The lowest BCUT2D eigenvalue weighted by molar-refractivity contribution is -0.00523. The summed E-state index contributed by atoms with van der Waals surface area (Å²) in [5.41, 5.74) is 2.80. The molecule has 2 N–H and O–H groups in total. The van der Waals surface area contributed by atoms with Crippen LogP contribution in [-0.2, 0) is 32.2 Å². The van der Waals surface area contributed by atoms with Crippen molar-refractivity contribution in [3.05, 3.63) is 65.0 Å². The van der Waals surface area contributed by atoms with Crippen molar-refractivity contribution in [2.24, 2.45) is 0 Å². The number of fused-ring (bicyclic) bond motifs is 2. The van der Waals surface area contributed by atoms with Crippen LogP contribution >= 0.6 is 11.3 Å². The maximum atomic E-state index is 11.5. The van der Waals surface area contributed by atoms with E-state index in [0.29, 0.717) is 58.4 Å². The fourth-order valence-corrected chi connectivity index (χ4v) is 4.50. The highest BCUT2D eigenvalue weighted by Crippen LogP contribution is 2.36. The van der Waals surface area contributed by atoms with Crippen LogP contribution in [0, 0.1) is 0 Å². The number of carboxylic acid groups (broad SMARTS) is 2. The van der Waals surface area contributed by atoms with Gasteiger partial charge in [0.2, 0.25) is 0 Å². The van der Waals surface area contributed by atoms with Gasteiger partial charge in [0, 0.05) is 9.75 Å². The van der Waals surface area contributed by atoms with Gasteiger partial charge in [-0.15, -0.1) is 11.3 Å². The second-order valence-electron chi connectivity index (χ2n) is 7.74. The second-order valence-corrected chi connectivity index (χ2v) is 8.83. The van der Waals surface area contributed by atoms with E-state index < -0.39 is 11.9 Å². The molecule has 0 spiro atoms. The number of carbonyl (C=O) groups is 2. The zero-order valence-corrected chi connectivity index (χ0v) is 19.7. The molecule has 9 nitrogen and oxygen atoms in total. The Kier molecular flexibility index (Phi) is 8.56. The Balaban J connectivity index is 1.62. The predicted molar refractivity (Wildman–Crippen MR) is 128 cm³/mol. The average Bonchev–Trinajstić information content (AvgIpc) is 3.34. The van der Waals surface area contributed by atoms with E-state index in [9.17, 15) is 19.8 Å². The van der Waals surface area contributed by atoms with Crippen LogP contribution in [0.5, 0.6) is 0 Å². The summed E-state index contributed by atoms with van der Waals surface area (Å²) in [5.74, 6) is -2.36. The van der Waals surface area contributed by atoms with E-state index in [0.717, 1.165) is 32.8 Å². The summed E-state index contributed by atoms with van der Waals surface area (Å²) >= 11 is 1.43. The fraction of sp³-hybridized carbons (Fsp3) is 0.320. The Morgan fingerprint density at radius 1 is 0.657 bits per heavy atom. The number of hydrogen-bond acceptors (Lipinski definition) is 8. The van der Waals surface area contributed by atoms with Crippen molar-refractivity contribution in [1.29, 1.82) is 0 Å². The molecule has 2 aromatic heterocycles. The first-order chi connectivity index (χ1) is 17.0. The smallest absolute Gasteiger partial charge is 0.335 e. The monoisotopic (exact) mass is 499 g/mol. The van der Waals surface area contributed by atoms with Crippen molar-refractivity contribution in [2.75, 3.05) is 39.6 Å². The fourth-order valence-electron chi connectivity index (χ4n) is 3.52. The minimum Gasteiger partial charge on any atom is -0.478 e. The van der Waals surface area contributed by atoms with E-state index in [1.54, 1.807) is 0 Å². The van der Waals surface area contributed by atoms with E-state index in [2.05, 4.69) is 4.98 Å². The molecule has 3 aromatic rings. The molecule has 0 aliphatic carbocycles. The van der Waals surface area contributed by atoms with Crippen LogP contribution < -0.4 is 0 Å². The second kappa shape index (κ2) is 12.0.